The zero-order valence-electron chi connectivity index (χ0n) is 15.1. The molecule has 0 radical (unpaired) electrons. The Hall–Kier alpha value is -3.44. The van der Waals surface area contributed by atoms with Crippen molar-refractivity contribution in [1.82, 2.24) is 4.98 Å². The molecule has 0 amide bonds. The van der Waals surface area contributed by atoms with Crippen molar-refractivity contribution in [3.8, 4) is 0 Å². The molecule has 4 nitrogen and oxygen atoms in total. The summed E-state index contributed by atoms with van der Waals surface area (Å²) in [5.74, 6) is -0.363. The zero-order chi connectivity index (χ0) is 19.1. The molecular weight excluding hydrogens is 368 g/mol. The monoisotopic (exact) mass is 384 g/mol. The Bertz CT molecular complexity index is 1360. The average Bonchev–Trinajstić information content (AvgIpc) is 3.14. The standard InChI is InChI=1S/C23H16N2O2S/c1-27-23(26)16-9-4-5-11-18(16)25-19-13-14-7-2-3-8-15(14)20-17-10-6-12-24-22(17)28-21(19)20/h2-13,25H,1H3. The summed E-state index contributed by atoms with van der Waals surface area (Å²) in [6.07, 6.45) is 1.82. The molecule has 2 heterocycles. The van der Waals surface area contributed by atoms with E-state index in [0.29, 0.717) is 5.56 Å². The van der Waals surface area contributed by atoms with E-state index in [4.69, 9.17) is 4.74 Å². The van der Waals surface area contributed by atoms with E-state index in [-0.39, 0.29) is 5.97 Å². The molecule has 136 valence electrons. The molecule has 3 aromatic carbocycles. The van der Waals surface area contributed by atoms with Crippen LogP contribution in [0.2, 0.25) is 0 Å². The van der Waals surface area contributed by atoms with E-state index in [2.05, 4.69) is 40.6 Å². The fourth-order valence-corrected chi connectivity index (χ4v) is 4.71. The first-order valence-electron chi connectivity index (χ1n) is 8.89. The van der Waals surface area contributed by atoms with E-state index in [1.165, 1.54) is 17.9 Å². The molecule has 5 aromatic rings. The van der Waals surface area contributed by atoms with E-state index in [1.807, 2.05) is 36.5 Å². The van der Waals surface area contributed by atoms with Crippen LogP contribution in [-0.2, 0) is 4.74 Å². The molecule has 0 unspecified atom stereocenters. The lowest BCUT2D eigenvalue weighted by Gasteiger charge is -2.13. The lowest BCUT2D eigenvalue weighted by molar-refractivity contribution is 0.0602. The van der Waals surface area contributed by atoms with Gasteiger partial charge in [0.05, 0.1) is 28.7 Å². The second-order valence-corrected chi connectivity index (χ2v) is 7.47. The molecule has 2 aromatic heterocycles. The first-order chi connectivity index (χ1) is 13.8. The smallest absolute Gasteiger partial charge is 0.339 e. The van der Waals surface area contributed by atoms with Gasteiger partial charge in [-0.05, 0) is 41.1 Å². The average molecular weight is 384 g/mol. The Balaban J connectivity index is 1.80. The third kappa shape index (κ3) is 2.60. The number of carbonyl (C=O) groups is 1. The minimum Gasteiger partial charge on any atom is -0.465 e. The second-order valence-electron chi connectivity index (χ2n) is 6.47. The minimum atomic E-state index is -0.363. The SMILES string of the molecule is COC(=O)c1ccccc1Nc1cc2ccccc2c2c1sc1ncccc12. The largest absolute Gasteiger partial charge is 0.465 e. The van der Waals surface area contributed by atoms with Crippen molar-refractivity contribution < 1.29 is 9.53 Å². The highest BCUT2D eigenvalue weighted by molar-refractivity contribution is 7.26. The molecule has 0 aliphatic rings. The van der Waals surface area contributed by atoms with E-state index in [1.54, 1.807) is 17.4 Å². The summed E-state index contributed by atoms with van der Waals surface area (Å²) in [6, 6.07) is 21.9. The number of methoxy groups -OCH3 is 1. The molecule has 0 aliphatic carbocycles. The van der Waals surface area contributed by atoms with Crippen molar-refractivity contribution in [3.05, 3.63) is 78.5 Å². The van der Waals surface area contributed by atoms with Crippen LogP contribution in [-0.4, -0.2) is 18.1 Å². The first kappa shape index (κ1) is 16.7. The number of hydrogen-bond acceptors (Lipinski definition) is 5. The molecule has 0 atom stereocenters. The number of ether oxygens (including phenoxy) is 1. The van der Waals surface area contributed by atoms with Gasteiger partial charge in [0.25, 0.3) is 0 Å². The Kier molecular flexibility index (Phi) is 3.95. The summed E-state index contributed by atoms with van der Waals surface area (Å²) >= 11 is 1.65. The number of benzene rings is 3. The summed E-state index contributed by atoms with van der Waals surface area (Å²) < 4.78 is 6.05. The van der Waals surface area contributed by atoms with Crippen LogP contribution in [0.5, 0.6) is 0 Å². The van der Waals surface area contributed by atoms with Crippen molar-refractivity contribution >= 4 is 59.8 Å². The summed E-state index contributed by atoms with van der Waals surface area (Å²) in [5.41, 5.74) is 2.18. The summed E-state index contributed by atoms with van der Waals surface area (Å²) in [4.78, 5) is 17.7. The Labute approximate surface area is 165 Å². The van der Waals surface area contributed by atoms with Crippen molar-refractivity contribution in [1.29, 1.82) is 0 Å². The number of nitrogens with one attached hydrogen (secondary N) is 1. The van der Waals surface area contributed by atoms with Crippen LogP contribution < -0.4 is 5.32 Å². The summed E-state index contributed by atoms with van der Waals surface area (Å²) in [7, 11) is 1.39. The molecule has 0 saturated heterocycles. The van der Waals surface area contributed by atoms with Crippen molar-refractivity contribution in [3.63, 3.8) is 0 Å². The van der Waals surface area contributed by atoms with Gasteiger partial charge in [0, 0.05) is 17.0 Å². The molecule has 0 spiro atoms. The number of pyridine rings is 1. The lowest BCUT2D eigenvalue weighted by atomic mass is 10.0. The van der Waals surface area contributed by atoms with Crippen LogP contribution in [0.25, 0.3) is 31.1 Å². The number of fused-ring (bicyclic) bond motifs is 5. The predicted octanol–water partition coefficient (Wildman–Crippen LogP) is 6.13. The molecule has 1 N–H and O–H groups in total. The number of rotatable bonds is 3. The molecule has 5 rings (SSSR count). The maximum atomic E-state index is 12.2. The van der Waals surface area contributed by atoms with Gasteiger partial charge in [-0.15, -0.1) is 11.3 Å². The van der Waals surface area contributed by atoms with Gasteiger partial charge >= 0.3 is 5.97 Å². The number of para-hydroxylation sites is 1. The highest BCUT2D eigenvalue weighted by Crippen LogP contribution is 2.43. The maximum Gasteiger partial charge on any atom is 0.339 e. The quantitative estimate of drug-likeness (QED) is 0.380. The molecule has 5 heteroatoms. The summed E-state index contributed by atoms with van der Waals surface area (Å²) in [5, 5.41) is 8.13. The topological polar surface area (TPSA) is 51.2 Å². The highest BCUT2D eigenvalue weighted by Gasteiger charge is 2.16. The number of thiophene rings is 1. The molecule has 0 saturated carbocycles. The third-order valence-electron chi connectivity index (χ3n) is 4.84. The van der Waals surface area contributed by atoms with Crippen LogP contribution in [0.3, 0.4) is 0 Å². The van der Waals surface area contributed by atoms with Crippen LogP contribution in [0.4, 0.5) is 11.4 Å². The molecular formula is C23H16N2O2S. The fourth-order valence-electron chi connectivity index (χ4n) is 3.58. The van der Waals surface area contributed by atoms with Crippen molar-refractivity contribution in [2.24, 2.45) is 0 Å². The highest BCUT2D eigenvalue weighted by atomic mass is 32.1. The van der Waals surface area contributed by atoms with E-state index in [0.717, 1.165) is 31.7 Å². The normalized spacial score (nSPS) is 11.2. The maximum absolute atomic E-state index is 12.2. The third-order valence-corrected chi connectivity index (χ3v) is 5.99. The lowest BCUT2D eigenvalue weighted by Crippen LogP contribution is -2.05. The van der Waals surface area contributed by atoms with E-state index >= 15 is 0 Å². The summed E-state index contributed by atoms with van der Waals surface area (Å²) in [6.45, 7) is 0. The number of esters is 1. The van der Waals surface area contributed by atoms with Crippen molar-refractivity contribution in [2.45, 2.75) is 0 Å². The second kappa shape index (κ2) is 6.62. The number of hydrogen-bond donors (Lipinski definition) is 1. The van der Waals surface area contributed by atoms with Crippen LogP contribution in [0.1, 0.15) is 10.4 Å². The van der Waals surface area contributed by atoms with Crippen LogP contribution in [0.15, 0.2) is 72.9 Å². The predicted molar refractivity (Wildman–Crippen MR) is 116 cm³/mol. The molecule has 28 heavy (non-hydrogen) atoms. The van der Waals surface area contributed by atoms with E-state index in [9.17, 15) is 4.79 Å². The van der Waals surface area contributed by atoms with Gasteiger partial charge in [-0.1, -0.05) is 36.4 Å². The number of anilines is 2. The number of nitrogens with zero attached hydrogens (tertiary/aromatic N) is 1. The van der Waals surface area contributed by atoms with E-state index < -0.39 is 0 Å². The van der Waals surface area contributed by atoms with Gasteiger partial charge < -0.3 is 10.1 Å². The van der Waals surface area contributed by atoms with Gasteiger partial charge in [0.2, 0.25) is 0 Å². The fraction of sp³-hybridized carbons (Fsp3) is 0.0435. The zero-order valence-corrected chi connectivity index (χ0v) is 15.9. The van der Waals surface area contributed by atoms with Gasteiger partial charge in [-0.3, -0.25) is 0 Å². The van der Waals surface area contributed by atoms with Gasteiger partial charge in [-0.25, -0.2) is 9.78 Å². The molecule has 0 aliphatic heterocycles. The Morgan fingerprint density at radius 2 is 1.75 bits per heavy atom. The Morgan fingerprint density at radius 3 is 2.64 bits per heavy atom. The number of aromatic nitrogens is 1. The first-order valence-corrected chi connectivity index (χ1v) is 9.71. The Morgan fingerprint density at radius 1 is 0.964 bits per heavy atom. The van der Waals surface area contributed by atoms with Gasteiger partial charge in [-0.2, -0.15) is 0 Å². The van der Waals surface area contributed by atoms with Crippen molar-refractivity contribution in [2.75, 3.05) is 12.4 Å². The molecule has 0 fully saturated rings. The van der Waals surface area contributed by atoms with Crippen LogP contribution >= 0.6 is 11.3 Å². The van der Waals surface area contributed by atoms with Crippen LogP contribution in [0, 0.1) is 0 Å². The van der Waals surface area contributed by atoms with Gasteiger partial charge in [0.1, 0.15) is 4.83 Å². The minimum absolute atomic E-state index is 0.363. The number of carbonyl (C=O) groups excluding carboxylic acids is 1. The van der Waals surface area contributed by atoms with Gasteiger partial charge in [0.15, 0.2) is 0 Å². The molecule has 0 bridgehead atoms.